The predicted molar refractivity (Wildman–Crippen MR) is 110 cm³/mol. The first-order valence-electron chi connectivity index (χ1n) is 9.38. The van der Waals surface area contributed by atoms with Crippen LogP contribution in [0.5, 0.6) is 0 Å². The zero-order valence-corrected chi connectivity index (χ0v) is 16.4. The molecule has 0 saturated heterocycles. The van der Waals surface area contributed by atoms with Gasteiger partial charge in [-0.2, -0.15) is 15.6 Å². The summed E-state index contributed by atoms with van der Waals surface area (Å²) in [5.74, 6) is -1.10. The Bertz CT molecular complexity index is 1420. The molecule has 0 aliphatic heterocycles. The van der Waals surface area contributed by atoms with Gasteiger partial charge in [-0.05, 0) is 25.0 Å². The number of pyridine rings is 1. The summed E-state index contributed by atoms with van der Waals surface area (Å²) < 4.78 is 32.1. The first-order chi connectivity index (χ1) is 14.5. The third-order valence-corrected chi connectivity index (χ3v) is 6.35. The normalized spacial score (nSPS) is 13.6. The smallest absolute Gasteiger partial charge is 0.175 e. The molecule has 0 spiro atoms. The van der Waals surface area contributed by atoms with Gasteiger partial charge >= 0.3 is 0 Å². The van der Waals surface area contributed by atoms with Gasteiger partial charge in [0.15, 0.2) is 5.82 Å². The molecule has 1 saturated carbocycles. The third kappa shape index (κ3) is 2.63. The Kier molecular flexibility index (Phi) is 4.16. The van der Waals surface area contributed by atoms with E-state index in [-0.39, 0.29) is 38.8 Å². The quantitative estimate of drug-likeness (QED) is 0.509. The van der Waals surface area contributed by atoms with Crippen LogP contribution in [0.4, 0.5) is 13.8 Å². The van der Waals surface area contributed by atoms with Crippen molar-refractivity contribution in [2.45, 2.75) is 31.7 Å². The number of hydrogen-bond donors (Lipinski definition) is 1. The van der Waals surface area contributed by atoms with Crippen LogP contribution >= 0.6 is 11.3 Å². The van der Waals surface area contributed by atoms with Gasteiger partial charge in [0.1, 0.15) is 28.1 Å². The van der Waals surface area contributed by atoms with Crippen molar-refractivity contribution in [3.8, 4) is 23.4 Å². The maximum absolute atomic E-state index is 15.8. The molecule has 3 aromatic heterocycles. The van der Waals surface area contributed by atoms with Gasteiger partial charge in [-0.15, -0.1) is 11.3 Å². The van der Waals surface area contributed by atoms with E-state index in [4.69, 9.17) is 11.0 Å². The van der Waals surface area contributed by atoms with Crippen LogP contribution in [0.2, 0.25) is 0 Å². The van der Waals surface area contributed by atoms with E-state index in [2.05, 4.69) is 16.2 Å². The highest BCUT2D eigenvalue weighted by molar-refractivity contribution is 7.23. The number of fused-ring (bicyclic) bond motifs is 2. The molecule has 30 heavy (non-hydrogen) atoms. The number of nitrogens with zero attached hydrogens (tertiary/aromatic N) is 5. The minimum atomic E-state index is -0.573. The third-order valence-electron chi connectivity index (χ3n) is 5.32. The molecule has 9 heteroatoms. The maximum atomic E-state index is 15.8. The SMILES string of the molecule is N#CCCc1nc(-c2ccc(F)c3sc(N)c(C#N)c23)c(F)c2c1cnn2C1CC1. The first-order valence-corrected chi connectivity index (χ1v) is 10.2. The molecule has 1 fully saturated rings. The Morgan fingerprint density at radius 3 is 2.77 bits per heavy atom. The Labute approximate surface area is 173 Å². The molecule has 1 aromatic carbocycles. The van der Waals surface area contributed by atoms with Gasteiger partial charge in [0.2, 0.25) is 0 Å². The van der Waals surface area contributed by atoms with Crippen LogP contribution in [0.25, 0.3) is 32.2 Å². The standard InChI is InChI=1S/C21H14F2N6S/c22-14-6-5-11(16-12(8-25)21(26)30-20(14)16)18-17(23)19-13(15(28-18)2-1-7-24)9-27-29(19)10-3-4-10/h5-6,9-10H,1-4,26H2. The number of anilines is 1. The van der Waals surface area contributed by atoms with E-state index >= 15 is 4.39 Å². The highest BCUT2D eigenvalue weighted by atomic mass is 32.1. The van der Waals surface area contributed by atoms with Gasteiger partial charge < -0.3 is 5.73 Å². The van der Waals surface area contributed by atoms with E-state index in [0.29, 0.717) is 28.6 Å². The lowest BCUT2D eigenvalue weighted by atomic mass is 10.0. The number of aromatic nitrogens is 3. The fraction of sp³-hybridized carbons (Fsp3) is 0.238. The minimum Gasteiger partial charge on any atom is -0.389 e. The van der Waals surface area contributed by atoms with Gasteiger partial charge in [0, 0.05) is 29.2 Å². The monoisotopic (exact) mass is 420 g/mol. The molecule has 0 radical (unpaired) electrons. The van der Waals surface area contributed by atoms with E-state index in [1.807, 2.05) is 6.07 Å². The van der Waals surface area contributed by atoms with Crippen LogP contribution in [0.15, 0.2) is 18.3 Å². The molecule has 6 nitrogen and oxygen atoms in total. The van der Waals surface area contributed by atoms with Crippen molar-refractivity contribution >= 4 is 37.3 Å². The van der Waals surface area contributed by atoms with E-state index < -0.39 is 11.6 Å². The molecule has 3 heterocycles. The van der Waals surface area contributed by atoms with E-state index in [1.54, 1.807) is 10.9 Å². The highest BCUT2D eigenvalue weighted by Crippen LogP contribution is 2.43. The molecule has 2 N–H and O–H groups in total. The molecule has 5 rings (SSSR count). The van der Waals surface area contributed by atoms with E-state index in [9.17, 15) is 9.65 Å². The lowest BCUT2D eigenvalue weighted by Gasteiger charge is -2.11. The Balaban J connectivity index is 1.87. The molecule has 0 atom stereocenters. The lowest BCUT2D eigenvalue weighted by Crippen LogP contribution is -2.03. The van der Waals surface area contributed by atoms with Gasteiger partial charge in [-0.3, -0.25) is 4.68 Å². The largest absolute Gasteiger partial charge is 0.389 e. The Morgan fingerprint density at radius 1 is 1.27 bits per heavy atom. The fourth-order valence-electron chi connectivity index (χ4n) is 3.79. The maximum Gasteiger partial charge on any atom is 0.175 e. The van der Waals surface area contributed by atoms with Crippen molar-refractivity contribution in [2.75, 3.05) is 5.73 Å². The topological polar surface area (TPSA) is 104 Å². The number of rotatable bonds is 4. The number of nitrogens with two attached hydrogens (primary N) is 1. The lowest BCUT2D eigenvalue weighted by molar-refractivity contribution is 0.602. The number of benzene rings is 1. The van der Waals surface area contributed by atoms with Crippen molar-refractivity contribution in [2.24, 2.45) is 0 Å². The molecular formula is C21H14F2N6S. The second kappa shape index (κ2) is 6.75. The number of thiophene rings is 1. The summed E-state index contributed by atoms with van der Waals surface area (Å²) in [7, 11) is 0. The number of nitrogen functional groups attached to an aromatic ring is 1. The fourth-order valence-corrected chi connectivity index (χ4v) is 4.73. The summed E-state index contributed by atoms with van der Waals surface area (Å²) in [6.45, 7) is 0. The van der Waals surface area contributed by atoms with Crippen molar-refractivity contribution < 1.29 is 8.78 Å². The number of halogens is 2. The molecular weight excluding hydrogens is 406 g/mol. The molecule has 0 amide bonds. The van der Waals surface area contributed by atoms with Crippen molar-refractivity contribution in [3.05, 3.63) is 41.2 Å². The molecule has 1 aliphatic carbocycles. The Hall–Kier alpha value is -3.56. The average molecular weight is 420 g/mol. The average Bonchev–Trinajstić information content (AvgIpc) is 3.38. The van der Waals surface area contributed by atoms with Gasteiger partial charge in [-0.1, -0.05) is 0 Å². The summed E-state index contributed by atoms with van der Waals surface area (Å²) in [6.07, 6.45) is 3.97. The van der Waals surface area contributed by atoms with Crippen LogP contribution in [0.1, 0.15) is 36.6 Å². The van der Waals surface area contributed by atoms with Crippen LogP contribution in [0.3, 0.4) is 0 Å². The molecule has 4 aromatic rings. The van der Waals surface area contributed by atoms with Crippen LogP contribution < -0.4 is 5.73 Å². The highest BCUT2D eigenvalue weighted by Gasteiger charge is 2.30. The second-order valence-electron chi connectivity index (χ2n) is 7.21. The molecule has 0 unspecified atom stereocenters. The number of aryl methyl sites for hydroxylation is 1. The van der Waals surface area contributed by atoms with Crippen LogP contribution in [-0.4, -0.2) is 14.8 Å². The van der Waals surface area contributed by atoms with E-state index in [1.165, 1.54) is 12.1 Å². The molecule has 148 valence electrons. The summed E-state index contributed by atoms with van der Waals surface area (Å²) in [4.78, 5) is 4.52. The molecule has 1 aliphatic rings. The van der Waals surface area contributed by atoms with Gasteiger partial charge in [0.25, 0.3) is 0 Å². The number of hydrogen-bond acceptors (Lipinski definition) is 6. The molecule has 0 bridgehead atoms. The first kappa shape index (κ1) is 18.5. The number of nitriles is 2. The summed E-state index contributed by atoms with van der Waals surface area (Å²) in [5.41, 5.74) is 7.23. The second-order valence-corrected chi connectivity index (χ2v) is 8.27. The van der Waals surface area contributed by atoms with Crippen LogP contribution in [-0.2, 0) is 6.42 Å². The summed E-state index contributed by atoms with van der Waals surface area (Å²) in [5, 5.41) is 23.9. The van der Waals surface area contributed by atoms with Crippen molar-refractivity contribution in [1.82, 2.24) is 14.8 Å². The van der Waals surface area contributed by atoms with E-state index in [0.717, 1.165) is 24.2 Å². The summed E-state index contributed by atoms with van der Waals surface area (Å²) >= 11 is 0.956. The van der Waals surface area contributed by atoms with Crippen molar-refractivity contribution in [3.63, 3.8) is 0 Å². The minimum absolute atomic E-state index is 0.0112. The Morgan fingerprint density at radius 2 is 2.07 bits per heavy atom. The zero-order chi connectivity index (χ0) is 21.0. The zero-order valence-electron chi connectivity index (χ0n) is 15.6. The predicted octanol–water partition coefficient (Wildman–Crippen LogP) is 4.84. The summed E-state index contributed by atoms with van der Waals surface area (Å²) in [6, 6.07) is 6.88. The van der Waals surface area contributed by atoms with Gasteiger partial charge in [0.05, 0.1) is 34.3 Å². The van der Waals surface area contributed by atoms with Crippen molar-refractivity contribution in [1.29, 1.82) is 10.5 Å². The van der Waals surface area contributed by atoms with Gasteiger partial charge in [-0.25, -0.2) is 13.8 Å². The van der Waals surface area contributed by atoms with Crippen LogP contribution in [0, 0.1) is 34.3 Å².